The van der Waals surface area contributed by atoms with Crippen LogP contribution in [0, 0.1) is 17.8 Å². The van der Waals surface area contributed by atoms with E-state index in [0.29, 0.717) is 36.4 Å². The van der Waals surface area contributed by atoms with Gasteiger partial charge in [-0.1, -0.05) is 11.8 Å². The van der Waals surface area contributed by atoms with Gasteiger partial charge >= 0.3 is 0 Å². The zero-order valence-corrected chi connectivity index (χ0v) is 12.7. The Balaban J connectivity index is 2.02. The second-order valence-electron chi connectivity index (χ2n) is 4.80. The van der Waals surface area contributed by atoms with Crippen molar-refractivity contribution in [3.63, 3.8) is 0 Å². The van der Waals surface area contributed by atoms with Crippen LogP contribution < -0.4 is 5.32 Å². The predicted molar refractivity (Wildman–Crippen MR) is 81.0 cm³/mol. The van der Waals surface area contributed by atoms with Crippen molar-refractivity contribution >= 4 is 23.2 Å². The molecule has 0 atom stereocenters. The summed E-state index contributed by atoms with van der Waals surface area (Å²) in [6.45, 7) is 0.949. The Bertz CT molecular complexity index is 577. The molecule has 1 aliphatic heterocycles. The van der Waals surface area contributed by atoms with Crippen LogP contribution in [-0.2, 0) is 4.79 Å². The average Bonchev–Trinajstić information content (AvgIpc) is 3.00. The van der Waals surface area contributed by atoms with Gasteiger partial charge in [-0.2, -0.15) is 0 Å². The van der Waals surface area contributed by atoms with Gasteiger partial charge in [-0.3, -0.25) is 9.59 Å². The lowest BCUT2D eigenvalue weighted by Gasteiger charge is -2.30. The van der Waals surface area contributed by atoms with E-state index in [9.17, 15) is 9.59 Å². The molecule has 6 heteroatoms. The largest absolute Gasteiger partial charge is 0.384 e. The Morgan fingerprint density at radius 1 is 1.48 bits per heavy atom. The van der Waals surface area contributed by atoms with Crippen molar-refractivity contribution in [1.82, 2.24) is 10.2 Å². The molecule has 0 unspecified atom stereocenters. The highest BCUT2D eigenvalue weighted by Crippen LogP contribution is 2.23. The molecule has 1 aliphatic rings. The van der Waals surface area contributed by atoms with Gasteiger partial charge in [0.05, 0.1) is 0 Å². The first-order chi connectivity index (χ1) is 10.2. The molecule has 2 N–H and O–H groups in total. The van der Waals surface area contributed by atoms with E-state index in [1.54, 1.807) is 18.0 Å². The van der Waals surface area contributed by atoms with Gasteiger partial charge in [-0.15, -0.1) is 11.3 Å². The third-order valence-electron chi connectivity index (χ3n) is 3.56. The van der Waals surface area contributed by atoms with Crippen LogP contribution in [0.2, 0.25) is 0 Å². The number of hydrogen-bond donors (Lipinski definition) is 2. The van der Waals surface area contributed by atoms with Crippen molar-refractivity contribution in [2.24, 2.45) is 5.92 Å². The van der Waals surface area contributed by atoms with E-state index in [2.05, 4.69) is 17.2 Å². The fraction of sp³-hybridized carbons (Fsp3) is 0.467. The number of hydrogen-bond acceptors (Lipinski definition) is 4. The van der Waals surface area contributed by atoms with Gasteiger partial charge < -0.3 is 15.3 Å². The number of amides is 2. The first-order valence-electron chi connectivity index (χ1n) is 6.85. The fourth-order valence-electron chi connectivity index (χ4n) is 2.40. The predicted octanol–water partition coefficient (Wildman–Crippen LogP) is 0.690. The minimum absolute atomic E-state index is 0.00367. The molecule has 0 radical (unpaired) electrons. The molecule has 2 amide bonds. The van der Waals surface area contributed by atoms with Crippen molar-refractivity contribution in [1.29, 1.82) is 0 Å². The number of rotatable bonds is 2. The third kappa shape index (κ3) is 3.63. The second kappa shape index (κ2) is 7.25. The van der Waals surface area contributed by atoms with Crippen molar-refractivity contribution in [3.05, 3.63) is 21.9 Å². The molecule has 5 nitrogen and oxygen atoms in total. The summed E-state index contributed by atoms with van der Waals surface area (Å²) < 4.78 is 0. The lowest BCUT2D eigenvalue weighted by atomic mass is 9.96. The molecule has 1 fully saturated rings. The zero-order valence-electron chi connectivity index (χ0n) is 11.9. The first-order valence-corrected chi connectivity index (χ1v) is 7.73. The summed E-state index contributed by atoms with van der Waals surface area (Å²) in [5, 5.41) is 13.2. The average molecular weight is 306 g/mol. The van der Waals surface area contributed by atoms with Gasteiger partial charge in [-0.25, -0.2) is 0 Å². The van der Waals surface area contributed by atoms with Crippen LogP contribution in [0.3, 0.4) is 0 Å². The third-order valence-corrected chi connectivity index (χ3v) is 4.46. The van der Waals surface area contributed by atoms with Gasteiger partial charge in [-0.05, 0) is 24.3 Å². The van der Waals surface area contributed by atoms with Crippen LogP contribution in [0.5, 0.6) is 0 Å². The lowest BCUT2D eigenvalue weighted by molar-refractivity contribution is -0.125. The number of nitrogens with one attached hydrogen (secondary N) is 1. The van der Waals surface area contributed by atoms with Gasteiger partial charge in [0.25, 0.3) is 5.91 Å². The van der Waals surface area contributed by atoms with Crippen molar-refractivity contribution in [2.45, 2.75) is 12.8 Å². The zero-order chi connectivity index (χ0) is 15.2. The summed E-state index contributed by atoms with van der Waals surface area (Å²) >= 11 is 1.36. The standard InChI is InChI=1S/C15H18N2O3S/c1-16-14(19)12-4-7-17(8-5-12)15(20)13-11(3-2-9-18)6-10-21-13/h6,10,12,18H,4-5,7-9H2,1H3,(H,16,19). The Morgan fingerprint density at radius 2 is 2.19 bits per heavy atom. The van der Waals surface area contributed by atoms with Gasteiger partial charge in [0.15, 0.2) is 0 Å². The summed E-state index contributed by atoms with van der Waals surface area (Å²) in [5.74, 6) is 5.37. The molecule has 0 saturated carbocycles. The van der Waals surface area contributed by atoms with E-state index in [4.69, 9.17) is 5.11 Å². The molecular weight excluding hydrogens is 288 g/mol. The number of likely N-dealkylation sites (tertiary alicyclic amines) is 1. The van der Waals surface area contributed by atoms with Crippen molar-refractivity contribution in [3.8, 4) is 11.8 Å². The summed E-state index contributed by atoms with van der Waals surface area (Å²) in [6, 6.07) is 1.79. The van der Waals surface area contributed by atoms with E-state index in [0.717, 1.165) is 0 Å². The van der Waals surface area contributed by atoms with Crippen LogP contribution in [0.25, 0.3) is 0 Å². The number of carbonyl (C=O) groups excluding carboxylic acids is 2. The van der Waals surface area contributed by atoms with E-state index < -0.39 is 0 Å². The molecule has 112 valence electrons. The minimum atomic E-state index is -0.221. The normalized spacial score (nSPS) is 15.2. The summed E-state index contributed by atoms with van der Waals surface area (Å²) in [4.78, 5) is 26.5. The molecule has 0 spiro atoms. The lowest BCUT2D eigenvalue weighted by Crippen LogP contribution is -2.42. The monoisotopic (exact) mass is 306 g/mol. The smallest absolute Gasteiger partial charge is 0.265 e. The minimum Gasteiger partial charge on any atom is -0.384 e. The molecule has 1 aromatic rings. The molecule has 0 aliphatic carbocycles. The number of carbonyl (C=O) groups is 2. The van der Waals surface area contributed by atoms with Crippen LogP contribution in [0.4, 0.5) is 0 Å². The Morgan fingerprint density at radius 3 is 2.81 bits per heavy atom. The maximum absolute atomic E-state index is 12.5. The highest BCUT2D eigenvalue weighted by Gasteiger charge is 2.28. The fourth-order valence-corrected chi connectivity index (χ4v) is 3.22. The van der Waals surface area contributed by atoms with E-state index in [-0.39, 0.29) is 24.3 Å². The highest BCUT2D eigenvalue weighted by molar-refractivity contribution is 7.12. The summed E-state index contributed by atoms with van der Waals surface area (Å²) in [7, 11) is 1.64. The number of aliphatic hydroxyl groups excluding tert-OH is 1. The highest BCUT2D eigenvalue weighted by atomic mass is 32.1. The molecule has 0 bridgehead atoms. The van der Waals surface area contributed by atoms with E-state index in [1.807, 2.05) is 5.38 Å². The Kier molecular flexibility index (Phi) is 5.37. The molecule has 2 heterocycles. The first kappa shape index (κ1) is 15.5. The van der Waals surface area contributed by atoms with Crippen LogP contribution in [0.15, 0.2) is 11.4 Å². The van der Waals surface area contributed by atoms with Gasteiger partial charge in [0.1, 0.15) is 11.5 Å². The van der Waals surface area contributed by atoms with Gasteiger partial charge in [0.2, 0.25) is 5.91 Å². The van der Waals surface area contributed by atoms with Gasteiger partial charge in [0, 0.05) is 31.6 Å². The number of nitrogens with zero attached hydrogens (tertiary/aromatic N) is 1. The summed E-state index contributed by atoms with van der Waals surface area (Å²) in [5.41, 5.74) is 0.660. The number of thiophene rings is 1. The molecule has 21 heavy (non-hydrogen) atoms. The SMILES string of the molecule is CNC(=O)C1CCN(C(=O)c2sccc2C#CCO)CC1. The van der Waals surface area contributed by atoms with Crippen LogP contribution in [-0.4, -0.2) is 48.6 Å². The Labute approximate surface area is 128 Å². The maximum Gasteiger partial charge on any atom is 0.265 e. The van der Waals surface area contributed by atoms with Crippen molar-refractivity contribution < 1.29 is 14.7 Å². The summed E-state index contributed by atoms with van der Waals surface area (Å²) in [6.07, 6.45) is 1.38. The molecule has 1 aromatic heterocycles. The Hall–Kier alpha value is -1.84. The van der Waals surface area contributed by atoms with E-state index in [1.165, 1.54) is 11.3 Å². The molecule has 2 rings (SSSR count). The second-order valence-corrected chi connectivity index (χ2v) is 5.72. The van der Waals surface area contributed by atoms with Crippen molar-refractivity contribution in [2.75, 3.05) is 26.7 Å². The van der Waals surface area contributed by atoms with Crippen LogP contribution in [0.1, 0.15) is 28.1 Å². The molecule has 0 aromatic carbocycles. The van der Waals surface area contributed by atoms with E-state index >= 15 is 0 Å². The quantitative estimate of drug-likeness (QED) is 0.790. The molecular formula is C15H18N2O3S. The number of piperidine rings is 1. The molecule has 1 saturated heterocycles. The van der Waals surface area contributed by atoms with Crippen LogP contribution >= 0.6 is 11.3 Å². The maximum atomic E-state index is 12.5. The number of aliphatic hydroxyl groups is 1. The topological polar surface area (TPSA) is 69.6 Å².